The molecule has 18 heavy (non-hydrogen) atoms. The van der Waals surface area contributed by atoms with Gasteiger partial charge in [-0.05, 0) is 18.2 Å². The average Bonchev–Trinajstić information content (AvgIpc) is 2.27. The van der Waals surface area contributed by atoms with Crippen molar-refractivity contribution in [3.63, 3.8) is 0 Å². The van der Waals surface area contributed by atoms with Crippen LogP contribution in [0.2, 0.25) is 0 Å². The van der Waals surface area contributed by atoms with Crippen LogP contribution in [0.1, 0.15) is 10.4 Å². The standard InChI is InChI=1S/C11H14F2N2O3/c12-10(13)6-18-4-3-15-9-5-7(14)1-2-8(9)11(16)17/h1-2,5,10,15H,3-4,6,14H2,(H,16,17). The molecule has 1 aromatic rings. The molecule has 0 saturated carbocycles. The van der Waals surface area contributed by atoms with Crippen LogP contribution in [-0.4, -0.2) is 37.3 Å². The van der Waals surface area contributed by atoms with Crippen LogP contribution in [0.15, 0.2) is 18.2 Å². The summed E-state index contributed by atoms with van der Waals surface area (Å²) in [6.07, 6.45) is -2.51. The third-order valence-corrected chi connectivity index (χ3v) is 2.08. The molecule has 0 fully saturated rings. The molecule has 0 aliphatic carbocycles. The Hall–Kier alpha value is -1.89. The normalized spacial score (nSPS) is 10.6. The summed E-state index contributed by atoms with van der Waals surface area (Å²) in [6, 6.07) is 4.32. The third kappa shape index (κ3) is 4.54. The van der Waals surface area contributed by atoms with Crippen LogP contribution < -0.4 is 11.1 Å². The second kappa shape index (κ2) is 6.75. The molecule has 0 aliphatic rings. The van der Waals surface area contributed by atoms with E-state index in [1.54, 1.807) is 0 Å². The van der Waals surface area contributed by atoms with Gasteiger partial charge in [0.25, 0.3) is 6.43 Å². The number of benzene rings is 1. The van der Waals surface area contributed by atoms with Crippen molar-refractivity contribution in [3.8, 4) is 0 Å². The molecule has 0 radical (unpaired) electrons. The van der Waals surface area contributed by atoms with Crippen LogP contribution >= 0.6 is 0 Å². The molecule has 0 aliphatic heterocycles. The molecule has 1 rings (SSSR count). The fraction of sp³-hybridized carbons (Fsp3) is 0.364. The van der Waals surface area contributed by atoms with Crippen LogP contribution in [0.4, 0.5) is 20.2 Å². The largest absolute Gasteiger partial charge is 0.478 e. The quantitative estimate of drug-likeness (QED) is 0.513. The molecule has 0 spiro atoms. The zero-order valence-corrected chi connectivity index (χ0v) is 9.53. The predicted octanol–water partition coefficient (Wildman–Crippen LogP) is 1.66. The third-order valence-electron chi connectivity index (χ3n) is 2.08. The first-order chi connectivity index (χ1) is 8.50. The van der Waals surface area contributed by atoms with E-state index in [4.69, 9.17) is 10.8 Å². The van der Waals surface area contributed by atoms with Gasteiger partial charge in [-0.3, -0.25) is 0 Å². The number of carboxylic acid groups (broad SMARTS) is 1. The number of anilines is 2. The minimum absolute atomic E-state index is 0.0538. The maximum Gasteiger partial charge on any atom is 0.337 e. The van der Waals surface area contributed by atoms with E-state index in [9.17, 15) is 13.6 Å². The molecule has 7 heteroatoms. The smallest absolute Gasteiger partial charge is 0.337 e. The van der Waals surface area contributed by atoms with Gasteiger partial charge < -0.3 is 20.9 Å². The van der Waals surface area contributed by atoms with Crippen molar-refractivity contribution in [2.45, 2.75) is 6.43 Å². The van der Waals surface area contributed by atoms with Crippen molar-refractivity contribution in [2.24, 2.45) is 0 Å². The Morgan fingerprint density at radius 1 is 1.50 bits per heavy atom. The number of rotatable bonds is 7. The highest BCUT2D eigenvalue weighted by molar-refractivity contribution is 5.95. The van der Waals surface area contributed by atoms with Crippen molar-refractivity contribution in [1.82, 2.24) is 0 Å². The monoisotopic (exact) mass is 260 g/mol. The van der Waals surface area contributed by atoms with Gasteiger partial charge in [0.15, 0.2) is 0 Å². The average molecular weight is 260 g/mol. The lowest BCUT2D eigenvalue weighted by atomic mass is 10.1. The van der Waals surface area contributed by atoms with Gasteiger partial charge in [0.05, 0.1) is 17.9 Å². The van der Waals surface area contributed by atoms with Crippen LogP contribution in [0.25, 0.3) is 0 Å². The predicted molar refractivity (Wildman–Crippen MR) is 63.1 cm³/mol. The summed E-state index contributed by atoms with van der Waals surface area (Å²) in [5, 5.41) is 11.7. The molecule has 5 nitrogen and oxygen atoms in total. The Labute approximate surface area is 103 Å². The summed E-state index contributed by atoms with van der Waals surface area (Å²) in [6.45, 7) is -0.362. The number of halogens is 2. The van der Waals surface area contributed by atoms with E-state index in [0.717, 1.165) is 0 Å². The maximum absolute atomic E-state index is 11.8. The first kappa shape index (κ1) is 14.2. The van der Waals surface area contributed by atoms with Crippen molar-refractivity contribution in [2.75, 3.05) is 30.8 Å². The number of carboxylic acids is 1. The number of nitrogens with one attached hydrogen (secondary N) is 1. The molecule has 0 aromatic heterocycles. The highest BCUT2D eigenvalue weighted by atomic mass is 19.3. The second-order valence-corrected chi connectivity index (χ2v) is 3.50. The lowest BCUT2D eigenvalue weighted by Crippen LogP contribution is -2.15. The van der Waals surface area contributed by atoms with Crippen molar-refractivity contribution < 1.29 is 23.4 Å². The van der Waals surface area contributed by atoms with E-state index in [-0.39, 0.29) is 18.7 Å². The molecule has 100 valence electrons. The summed E-state index contributed by atoms with van der Waals surface area (Å²) in [5.74, 6) is -1.09. The second-order valence-electron chi connectivity index (χ2n) is 3.50. The van der Waals surface area contributed by atoms with Crippen LogP contribution in [0.5, 0.6) is 0 Å². The van der Waals surface area contributed by atoms with Gasteiger partial charge in [-0.2, -0.15) is 0 Å². The lowest BCUT2D eigenvalue weighted by molar-refractivity contribution is 0.0215. The molecule has 0 heterocycles. The van der Waals surface area contributed by atoms with E-state index >= 15 is 0 Å². The van der Waals surface area contributed by atoms with Gasteiger partial charge in [-0.25, -0.2) is 13.6 Å². The first-order valence-corrected chi connectivity index (χ1v) is 5.23. The number of alkyl halides is 2. The molecule has 1 aromatic carbocycles. The van der Waals surface area contributed by atoms with E-state index in [0.29, 0.717) is 11.4 Å². The number of hydrogen-bond acceptors (Lipinski definition) is 4. The van der Waals surface area contributed by atoms with Crippen LogP contribution in [0, 0.1) is 0 Å². The van der Waals surface area contributed by atoms with E-state index in [1.165, 1.54) is 18.2 Å². The van der Waals surface area contributed by atoms with Gasteiger partial charge in [0.2, 0.25) is 0 Å². The van der Waals surface area contributed by atoms with Crippen molar-refractivity contribution >= 4 is 17.3 Å². The van der Waals surface area contributed by atoms with E-state index in [1.807, 2.05) is 0 Å². The SMILES string of the molecule is Nc1ccc(C(=O)O)c(NCCOCC(F)F)c1. The summed E-state index contributed by atoms with van der Waals surface area (Å²) in [7, 11) is 0. The first-order valence-electron chi connectivity index (χ1n) is 5.23. The number of ether oxygens (including phenoxy) is 1. The minimum Gasteiger partial charge on any atom is -0.478 e. The Bertz CT molecular complexity index is 413. The van der Waals surface area contributed by atoms with Gasteiger partial charge in [-0.15, -0.1) is 0 Å². The lowest BCUT2D eigenvalue weighted by Gasteiger charge is -2.10. The summed E-state index contributed by atoms with van der Waals surface area (Å²) < 4.78 is 28.2. The molecular weight excluding hydrogens is 246 g/mol. The highest BCUT2D eigenvalue weighted by Gasteiger charge is 2.09. The van der Waals surface area contributed by atoms with Crippen LogP contribution in [0.3, 0.4) is 0 Å². The molecular formula is C11H14F2N2O3. The van der Waals surface area contributed by atoms with E-state index in [2.05, 4.69) is 10.1 Å². The Kier molecular flexibility index (Phi) is 5.31. The molecule has 0 bridgehead atoms. The Morgan fingerprint density at radius 3 is 2.83 bits per heavy atom. The fourth-order valence-electron chi connectivity index (χ4n) is 1.32. The Balaban J connectivity index is 2.50. The van der Waals surface area contributed by atoms with Crippen LogP contribution in [-0.2, 0) is 4.74 Å². The van der Waals surface area contributed by atoms with Gasteiger partial charge in [0, 0.05) is 12.2 Å². The minimum atomic E-state index is -2.51. The van der Waals surface area contributed by atoms with Gasteiger partial charge >= 0.3 is 5.97 Å². The maximum atomic E-state index is 11.8. The van der Waals surface area contributed by atoms with Crippen molar-refractivity contribution in [3.05, 3.63) is 23.8 Å². The number of nitrogen functional groups attached to an aromatic ring is 1. The summed E-state index contributed by atoms with van der Waals surface area (Å²) in [5.41, 5.74) is 6.35. The number of aromatic carboxylic acids is 1. The number of carbonyl (C=O) groups is 1. The zero-order chi connectivity index (χ0) is 13.5. The molecule has 0 amide bonds. The molecule has 0 unspecified atom stereocenters. The topological polar surface area (TPSA) is 84.6 Å². The zero-order valence-electron chi connectivity index (χ0n) is 9.53. The number of hydrogen-bond donors (Lipinski definition) is 3. The van der Waals surface area contributed by atoms with Gasteiger partial charge in [0.1, 0.15) is 6.61 Å². The number of nitrogens with two attached hydrogens (primary N) is 1. The highest BCUT2D eigenvalue weighted by Crippen LogP contribution is 2.18. The van der Waals surface area contributed by atoms with Gasteiger partial charge in [-0.1, -0.05) is 0 Å². The molecule has 0 atom stereocenters. The van der Waals surface area contributed by atoms with E-state index < -0.39 is 19.0 Å². The molecule has 4 N–H and O–H groups in total. The summed E-state index contributed by atoms with van der Waals surface area (Å²) in [4.78, 5) is 10.9. The summed E-state index contributed by atoms with van der Waals surface area (Å²) >= 11 is 0. The van der Waals surface area contributed by atoms with Crippen molar-refractivity contribution in [1.29, 1.82) is 0 Å². The fourth-order valence-corrected chi connectivity index (χ4v) is 1.32. The molecule has 0 saturated heterocycles. The Morgan fingerprint density at radius 2 is 2.22 bits per heavy atom.